The minimum absolute atomic E-state index is 0.0357. The highest BCUT2D eigenvalue weighted by atomic mass is 16.5. The third-order valence-electron chi connectivity index (χ3n) is 7.88. The Morgan fingerprint density at radius 2 is 1.04 bits per heavy atom. The molecule has 0 aliphatic heterocycles. The molecule has 0 unspecified atom stereocenters. The third kappa shape index (κ3) is 6.72. The van der Waals surface area contributed by atoms with E-state index >= 15 is 0 Å². The summed E-state index contributed by atoms with van der Waals surface area (Å²) < 4.78 is 19.2. The number of benzene rings is 4. The van der Waals surface area contributed by atoms with Gasteiger partial charge in [-0.3, -0.25) is 19.8 Å². The van der Waals surface area contributed by atoms with E-state index in [1.165, 1.54) is 9.36 Å². The normalized spacial score (nSPS) is 11.0. The monoisotopic (exact) mass is 658 g/mol. The van der Waals surface area contributed by atoms with Gasteiger partial charge in [0.05, 0.1) is 35.7 Å². The first-order valence-corrected chi connectivity index (χ1v) is 15.8. The second kappa shape index (κ2) is 14.6. The van der Waals surface area contributed by atoms with Crippen molar-refractivity contribution in [1.82, 2.24) is 19.6 Å². The van der Waals surface area contributed by atoms with Gasteiger partial charge in [-0.05, 0) is 61.4 Å². The summed E-state index contributed by atoms with van der Waals surface area (Å²) in [5, 5.41) is 5.84. The van der Waals surface area contributed by atoms with Crippen LogP contribution in [0.15, 0.2) is 125 Å². The summed E-state index contributed by atoms with van der Waals surface area (Å²) in [4.78, 5) is 56.0. The number of ether oxygens (including phenoxy) is 3. The number of carbonyl (C=O) groups is 2. The van der Waals surface area contributed by atoms with E-state index in [1.54, 1.807) is 98.8 Å². The Bertz CT molecular complexity index is 2050. The van der Waals surface area contributed by atoms with Crippen LogP contribution in [0.5, 0.6) is 5.75 Å². The molecule has 11 nitrogen and oxygen atoms in total. The van der Waals surface area contributed by atoms with Crippen molar-refractivity contribution < 1.29 is 23.8 Å². The topological polar surface area (TPSA) is 137 Å². The lowest BCUT2D eigenvalue weighted by atomic mass is 9.85. The van der Waals surface area contributed by atoms with Crippen molar-refractivity contribution in [2.45, 2.75) is 26.4 Å². The summed E-state index contributed by atoms with van der Waals surface area (Å²) >= 11 is 0. The molecule has 49 heavy (non-hydrogen) atoms. The van der Waals surface area contributed by atoms with Crippen LogP contribution in [0.1, 0.15) is 63.0 Å². The van der Waals surface area contributed by atoms with Crippen molar-refractivity contribution in [2.75, 3.05) is 13.2 Å². The summed E-state index contributed by atoms with van der Waals surface area (Å²) in [5.41, 5.74) is 0.627. The highest BCUT2D eigenvalue weighted by Crippen LogP contribution is 2.34. The van der Waals surface area contributed by atoms with Crippen LogP contribution in [0.25, 0.3) is 11.4 Å². The zero-order chi connectivity index (χ0) is 34.3. The maximum absolute atomic E-state index is 14.5. The predicted molar refractivity (Wildman–Crippen MR) is 183 cm³/mol. The van der Waals surface area contributed by atoms with Crippen LogP contribution in [-0.2, 0) is 16.1 Å². The summed E-state index contributed by atoms with van der Waals surface area (Å²) in [6, 6.07) is 33.9. The molecule has 2 N–H and O–H groups in total. The molecule has 0 saturated heterocycles. The molecule has 2 aromatic heterocycles. The van der Waals surface area contributed by atoms with Crippen LogP contribution in [0.4, 0.5) is 0 Å². The van der Waals surface area contributed by atoms with Crippen LogP contribution >= 0.6 is 0 Å². The van der Waals surface area contributed by atoms with E-state index in [0.29, 0.717) is 29.3 Å². The number of hydrogen-bond donors (Lipinski definition) is 2. The molecule has 6 aromatic rings. The lowest BCUT2D eigenvalue weighted by molar-refractivity contribution is 0.0510. The molecule has 0 bridgehead atoms. The Labute approximate surface area is 281 Å². The van der Waals surface area contributed by atoms with Crippen LogP contribution in [-0.4, -0.2) is 44.7 Å². The van der Waals surface area contributed by atoms with Crippen molar-refractivity contribution in [3.63, 3.8) is 0 Å². The molecule has 0 saturated carbocycles. The van der Waals surface area contributed by atoms with Gasteiger partial charge in [-0.1, -0.05) is 78.9 Å². The average molecular weight is 659 g/mol. The first-order chi connectivity index (χ1) is 23.9. The number of nitrogens with one attached hydrogen (secondary N) is 2. The molecule has 6 rings (SSSR count). The molecule has 4 aromatic carbocycles. The summed E-state index contributed by atoms with van der Waals surface area (Å²) in [5.74, 6) is -2.29. The lowest BCUT2D eigenvalue weighted by Crippen LogP contribution is -2.27. The van der Waals surface area contributed by atoms with Crippen molar-refractivity contribution in [3.8, 4) is 17.1 Å². The molecule has 0 amide bonds. The summed E-state index contributed by atoms with van der Waals surface area (Å²) in [6.45, 7) is 3.70. The van der Waals surface area contributed by atoms with E-state index in [2.05, 4.69) is 10.2 Å². The number of aromatic nitrogens is 4. The second-order valence-electron chi connectivity index (χ2n) is 11.0. The average Bonchev–Trinajstić information content (AvgIpc) is 3.66. The molecule has 0 atom stereocenters. The van der Waals surface area contributed by atoms with Gasteiger partial charge in [0.15, 0.2) is 11.4 Å². The second-order valence-corrected chi connectivity index (χ2v) is 11.0. The summed E-state index contributed by atoms with van der Waals surface area (Å²) in [7, 11) is 0. The van der Waals surface area contributed by atoms with Crippen molar-refractivity contribution in [3.05, 3.63) is 170 Å². The lowest BCUT2D eigenvalue weighted by Gasteiger charge is -2.17. The number of esters is 2. The molecule has 0 aliphatic rings. The zero-order valence-corrected chi connectivity index (χ0v) is 26.9. The molecular weight excluding hydrogens is 624 g/mol. The molecule has 0 fully saturated rings. The maximum Gasteiger partial charge on any atom is 0.356 e. The smallest absolute Gasteiger partial charge is 0.356 e. The van der Waals surface area contributed by atoms with Gasteiger partial charge in [-0.2, -0.15) is 0 Å². The fourth-order valence-corrected chi connectivity index (χ4v) is 5.65. The largest absolute Gasteiger partial charge is 0.489 e. The standard InChI is InChI=1S/C38H34N4O7/c1-3-47-37(45)33-31(35(43)41(39-33)27-16-10-6-11-17-27)30(26-20-22-29(23-21-26)49-24-25-14-8-5-9-15-25)32-34(38(46)48-4-2)40-42(36(32)44)28-18-12-7-13-19-28/h5-23,30,39-40H,3-4,24H2,1-2H3. The van der Waals surface area contributed by atoms with E-state index < -0.39 is 29.0 Å². The van der Waals surface area contributed by atoms with E-state index in [9.17, 15) is 19.2 Å². The van der Waals surface area contributed by atoms with Gasteiger partial charge in [0.2, 0.25) is 0 Å². The predicted octanol–water partition coefficient (Wildman–Crippen LogP) is 5.76. The van der Waals surface area contributed by atoms with Gasteiger partial charge in [0.25, 0.3) is 11.1 Å². The van der Waals surface area contributed by atoms with Crippen LogP contribution in [0.3, 0.4) is 0 Å². The first kappa shape index (κ1) is 32.6. The van der Waals surface area contributed by atoms with E-state index in [-0.39, 0.29) is 35.7 Å². The SMILES string of the molecule is CCOC(=O)c1[nH]n(-c2ccccc2)c(=O)c1C(c1ccc(OCc2ccccc2)cc1)c1c(C(=O)OCC)[nH]n(-c2ccccc2)c1=O. The molecule has 0 spiro atoms. The van der Waals surface area contributed by atoms with Crippen molar-refractivity contribution in [1.29, 1.82) is 0 Å². The number of H-pyrrole nitrogens is 2. The Kier molecular flexibility index (Phi) is 9.70. The van der Waals surface area contributed by atoms with Crippen LogP contribution in [0, 0.1) is 0 Å². The van der Waals surface area contributed by atoms with Gasteiger partial charge in [-0.25, -0.2) is 19.0 Å². The highest BCUT2D eigenvalue weighted by Gasteiger charge is 2.37. The Morgan fingerprint density at radius 1 is 0.612 bits per heavy atom. The quantitative estimate of drug-likeness (QED) is 0.160. The molecular formula is C38H34N4O7. The fraction of sp³-hybridized carbons (Fsp3) is 0.158. The van der Waals surface area contributed by atoms with Gasteiger partial charge in [0.1, 0.15) is 12.4 Å². The molecule has 2 heterocycles. The minimum Gasteiger partial charge on any atom is -0.489 e. The van der Waals surface area contributed by atoms with Gasteiger partial charge in [0, 0.05) is 5.92 Å². The number of para-hydroxylation sites is 2. The Hall–Kier alpha value is -6.36. The first-order valence-electron chi connectivity index (χ1n) is 15.8. The Morgan fingerprint density at radius 3 is 1.47 bits per heavy atom. The van der Waals surface area contributed by atoms with Gasteiger partial charge >= 0.3 is 11.9 Å². The number of nitrogens with zero attached hydrogens (tertiary/aromatic N) is 2. The maximum atomic E-state index is 14.5. The van der Waals surface area contributed by atoms with Crippen LogP contribution in [0.2, 0.25) is 0 Å². The number of hydrogen-bond acceptors (Lipinski definition) is 7. The molecule has 0 radical (unpaired) electrons. The number of carbonyl (C=O) groups excluding carboxylic acids is 2. The zero-order valence-electron chi connectivity index (χ0n) is 26.9. The van der Waals surface area contributed by atoms with Crippen molar-refractivity contribution >= 4 is 11.9 Å². The third-order valence-corrected chi connectivity index (χ3v) is 7.88. The van der Waals surface area contributed by atoms with E-state index in [4.69, 9.17) is 14.2 Å². The van der Waals surface area contributed by atoms with E-state index in [1.807, 2.05) is 30.3 Å². The van der Waals surface area contributed by atoms with Crippen molar-refractivity contribution in [2.24, 2.45) is 0 Å². The highest BCUT2D eigenvalue weighted by molar-refractivity contribution is 5.92. The Balaban J connectivity index is 1.59. The van der Waals surface area contributed by atoms with Crippen LogP contribution < -0.4 is 15.9 Å². The molecule has 0 aliphatic carbocycles. The molecule has 248 valence electrons. The van der Waals surface area contributed by atoms with Gasteiger partial charge in [-0.15, -0.1) is 0 Å². The molecule has 11 heteroatoms. The van der Waals surface area contributed by atoms with Gasteiger partial charge < -0.3 is 14.2 Å². The van der Waals surface area contributed by atoms with E-state index in [0.717, 1.165) is 5.56 Å². The fourth-order valence-electron chi connectivity index (χ4n) is 5.65. The number of aromatic amines is 2. The minimum atomic E-state index is -1.23. The summed E-state index contributed by atoms with van der Waals surface area (Å²) in [6.07, 6.45) is 0. The number of rotatable bonds is 12.